The monoisotopic (exact) mass is 544 g/mol. The topological polar surface area (TPSA) is 113 Å². The van der Waals surface area contributed by atoms with E-state index in [0.717, 1.165) is 28.8 Å². The van der Waals surface area contributed by atoms with Crippen molar-refractivity contribution in [2.45, 2.75) is 40.5 Å². The summed E-state index contributed by atoms with van der Waals surface area (Å²) >= 11 is 0. The van der Waals surface area contributed by atoms with Crippen molar-refractivity contribution in [2.75, 3.05) is 20.0 Å². The second-order valence-electron chi connectivity index (χ2n) is 10.9. The van der Waals surface area contributed by atoms with Crippen LogP contribution >= 0.6 is 0 Å². The molecule has 1 unspecified atom stereocenters. The first kappa shape index (κ1) is 27.2. The number of amides is 2. The molecule has 2 heterocycles. The molecule has 1 aromatic heterocycles. The van der Waals surface area contributed by atoms with Gasteiger partial charge in [0.05, 0.1) is 23.4 Å². The van der Waals surface area contributed by atoms with Gasteiger partial charge in [0.25, 0.3) is 5.91 Å². The van der Waals surface area contributed by atoms with Gasteiger partial charge in [-0.05, 0) is 72.1 Å². The molecular weight excluding hydrogens is 512 g/mol. The van der Waals surface area contributed by atoms with E-state index in [1.54, 1.807) is 6.92 Å². The van der Waals surface area contributed by atoms with Crippen molar-refractivity contribution >= 4 is 40.5 Å². The molecule has 1 atom stereocenters. The minimum atomic E-state index is -0.887. The third-order valence-electron chi connectivity index (χ3n) is 7.23. The van der Waals surface area contributed by atoms with Crippen molar-refractivity contribution in [3.8, 4) is 11.5 Å². The molecule has 0 spiro atoms. The number of nitrogens with one attached hydrogen (secondary N) is 1. The highest BCUT2D eigenvalue weighted by Gasteiger charge is 2.35. The Morgan fingerprint density at radius 1 is 1.05 bits per heavy atom. The number of rotatable bonds is 5. The molecule has 0 fully saturated rings. The molecule has 3 aromatic rings. The van der Waals surface area contributed by atoms with Crippen molar-refractivity contribution in [2.24, 2.45) is 11.3 Å². The fraction of sp³-hybridized carbons (Fsp3) is 0.355. The number of carbonyl (C=O) groups is 3. The van der Waals surface area contributed by atoms with Gasteiger partial charge < -0.3 is 18.9 Å². The molecule has 5 rings (SSSR count). The Labute approximate surface area is 232 Å². The Hall–Kier alpha value is -4.40. The van der Waals surface area contributed by atoms with E-state index >= 15 is 0 Å². The summed E-state index contributed by atoms with van der Waals surface area (Å²) in [6, 6.07) is 13.2. The van der Waals surface area contributed by atoms with Crippen LogP contribution in [-0.4, -0.2) is 43.0 Å². The van der Waals surface area contributed by atoms with Gasteiger partial charge in [-0.3, -0.25) is 10.1 Å². The highest BCUT2D eigenvalue weighted by molar-refractivity contribution is 6.07. The number of hydrogen-bond donors (Lipinski definition) is 1. The molecule has 40 heavy (non-hydrogen) atoms. The number of pyridine rings is 1. The van der Waals surface area contributed by atoms with Gasteiger partial charge in [-0.25, -0.2) is 14.6 Å². The zero-order chi connectivity index (χ0) is 28.4. The third kappa shape index (κ3) is 5.64. The first-order valence-corrected chi connectivity index (χ1v) is 13.3. The van der Waals surface area contributed by atoms with Crippen molar-refractivity contribution in [1.82, 2.24) is 10.3 Å². The van der Waals surface area contributed by atoms with Crippen molar-refractivity contribution < 1.29 is 33.3 Å². The van der Waals surface area contributed by atoms with Crippen LogP contribution in [0.25, 0.3) is 22.6 Å². The normalized spacial score (nSPS) is 16.9. The zero-order valence-corrected chi connectivity index (χ0v) is 23.0. The van der Waals surface area contributed by atoms with Crippen LogP contribution in [-0.2, 0) is 20.7 Å². The van der Waals surface area contributed by atoms with Gasteiger partial charge in [-0.15, -0.1) is 0 Å². The fourth-order valence-corrected chi connectivity index (χ4v) is 5.09. The van der Waals surface area contributed by atoms with E-state index in [0.29, 0.717) is 34.4 Å². The molecule has 0 bridgehead atoms. The summed E-state index contributed by atoms with van der Waals surface area (Å²) in [5.74, 6) is 0.192. The molecule has 208 valence electrons. The van der Waals surface area contributed by atoms with Crippen LogP contribution in [0.1, 0.15) is 61.3 Å². The van der Waals surface area contributed by atoms with Gasteiger partial charge in [0.2, 0.25) is 6.79 Å². The number of hydrogen-bond acceptors (Lipinski definition) is 8. The SMILES string of the molecule is CCOC(=O)NC(=O)COC(=O)c1c2c(nc3ccccc13)C(=Cc1ccc3c(c1)OCO3)CC(C(C)(C)C)C2. The number of nitrogens with zero attached hydrogens (tertiary/aromatic N) is 1. The Morgan fingerprint density at radius 2 is 1.82 bits per heavy atom. The highest BCUT2D eigenvalue weighted by atomic mass is 16.7. The number of carbonyl (C=O) groups excluding carboxylic acids is 3. The first-order valence-electron chi connectivity index (χ1n) is 13.3. The van der Waals surface area contributed by atoms with Crippen LogP contribution in [0.15, 0.2) is 42.5 Å². The lowest BCUT2D eigenvalue weighted by atomic mass is 9.69. The standard InChI is InChI=1S/C31H32N2O7/c1-5-37-30(36)33-26(34)16-38-29(35)27-21-8-6-7-9-23(21)32-28-19(14-20(15-22(27)28)31(2,3)4)12-18-10-11-24-25(13-18)40-17-39-24/h6-13,20H,5,14-17H2,1-4H3,(H,33,34,36). The lowest BCUT2D eigenvalue weighted by Crippen LogP contribution is -2.35. The number of alkyl carbamates (subject to hydrolysis) is 1. The molecule has 1 aliphatic heterocycles. The molecular formula is C31H32N2O7. The van der Waals surface area contributed by atoms with Crippen LogP contribution in [0.4, 0.5) is 4.79 Å². The van der Waals surface area contributed by atoms with Gasteiger partial charge in [-0.2, -0.15) is 0 Å². The molecule has 1 N–H and O–H groups in total. The van der Waals surface area contributed by atoms with Crippen molar-refractivity contribution in [1.29, 1.82) is 0 Å². The molecule has 2 aromatic carbocycles. The summed E-state index contributed by atoms with van der Waals surface area (Å²) in [7, 11) is 0. The number of imide groups is 1. The van der Waals surface area contributed by atoms with Gasteiger partial charge in [-0.1, -0.05) is 45.0 Å². The summed E-state index contributed by atoms with van der Waals surface area (Å²) in [4.78, 5) is 42.4. The molecule has 2 aliphatic rings. The van der Waals surface area contributed by atoms with E-state index in [9.17, 15) is 14.4 Å². The van der Waals surface area contributed by atoms with Crippen LogP contribution in [0.3, 0.4) is 0 Å². The van der Waals surface area contributed by atoms with E-state index in [1.165, 1.54) is 0 Å². The van der Waals surface area contributed by atoms with E-state index in [4.69, 9.17) is 23.9 Å². The number of esters is 1. The largest absolute Gasteiger partial charge is 0.454 e. The fourth-order valence-electron chi connectivity index (χ4n) is 5.09. The number of para-hydroxylation sites is 1. The molecule has 2 amide bonds. The second-order valence-corrected chi connectivity index (χ2v) is 10.9. The maximum atomic E-state index is 13.6. The summed E-state index contributed by atoms with van der Waals surface area (Å²) in [5.41, 5.74) is 4.43. The van der Waals surface area contributed by atoms with E-state index < -0.39 is 24.6 Å². The summed E-state index contributed by atoms with van der Waals surface area (Å²) in [5, 5.41) is 2.70. The van der Waals surface area contributed by atoms with E-state index in [2.05, 4.69) is 26.8 Å². The van der Waals surface area contributed by atoms with Crippen LogP contribution in [0, 0.1) is 11.3 Å². The molecule has 0 radical (unpaired) electrons. The lowest BCUT2D eigenvalue weighted by Gasteiger charge is -2.36. The lowest BCUT2D eigenvalue weighted by molar-refractivity contribution is -0.123. The van der Waals surface area contributed by atoms with Gasteiger partial charge >= 0.3 is 12.1 Å². The molecule has 9 heteroatoms. The maximum Gasteiger partial charge on any atom is 0.413 e. The predicted molar refractivity (Wildman–Crippen MR) is 149 cm³/mol. The summed E-state index contributed by atoms with van der Waals surface area (Å²) < 4.78 is 21.2. The average Bonchev–Trinajstić information content (AvgIpc) is 3.38. The summed E-state index contributed by atoms with van der Waals surface area (Å²) in [6.45, 7) is 7.88. The predicted octanol–water partition coefficient (Wildman–Crippen LogP) is 5.54. The smallest absolute Gasteiger partial charge is 0.413 e. The van der Waals surface area contributed by atoms with Crippen LogP contribution in [0.5, 0.6) is 11.5 Å². The van der Waals surface area contributed by atoms with Crippen molar-refractivity contribution in [3.63, 3.8) is 0 Å². The zero-order valence-electron chi connectivity index (χ0n) is 23.0. The van der Waals surface area contributed by atoms with Crippen molar-refractivity contribution in [3.05, 3.63) is 64.8 Å². The maximum absolute atomic E-state index is 13.6. The van der Waals surface area contributed by atoms with Gasteiger partial charge in [0.15, 0.2) is 18.1 Å². The average molecular weight is 545 g/mol. The first-order chi connectivity index (χ1) is 19.1. The highest BCUT2D eigenvalue weighted by Crippen LogP contribution is 2.45. The van der Waals surface area contributed by atoms with E-state index in [-0.39, 0.29) is 24.7 Å². The van der Waals surface area contributed by atoms with Crippen LogP contribution in [0.2, 0.25) is 0 Å². The molecule has 1 aliphatic carbocycles. The number of aromatic nitrogens is 1. The van der Waals surface area contributed by atoms with Gasteiger partial charge in [0, 0.05) is 5.39 Å². The van der Waals surface area contributed by atoms with Gasteiger partial charge in [0.1, 0.15) is 0 Å². The third-order valence-corrected chi connectivity index (χ3v) is 7.23. The quantitative estimate of drug-likeness (QED) is 0.417. The molecule has 0 saturated heterocycles. The minimum absolute atomic E-state index is 0.0575. The number of allylic oxidation sites excluding steroid dienone is 1. The van der Waals surface area contributed by atoms with E-state index in [1.807, 2.05) is 47.8 Å². The Balaban J connectivity index is 1.57. The van der Waals surface area contributed by atoms with Crippen LogP contribution < -0.4 is 14.8 Å². The number of benzene rings is 2. The number of ether oxygens (including phenoxy) is 4. The minimum Gasteiger partial charge on any atom is -0.454 e. The number of fused-ring (bicyclic) bond motifs is 3. The summed E-state index contributed by atoms with van der Waals surface area (Å²) in [6.07, 6.45) is 2.59. The Kier molecular flexibility index (Phi) is 7.47. The molecule has 0 saturated carbocycles. The Morgan fingerprint density at radius 3 is 2.60 bits per heavy atom. The molecule has 9 nitrogen and oxygen atoms in total. The Bertz CT molecular complexity index is 1520. The second kappa shape index (κ2) is 11.0.